The van der Waals surface area contributed by atoms with E-state index < -0.39 is 12.7 Å². The lowest BCUT2D eigenvalue weighted by Gasteiger charge is -2.40. The smallest absolute Gasteiger partial charge is 0.356 e. The van der Waals surface area contributed by atoms with Crippen molar-refractivity contribution in [3.63, 3.8) is 0 Å². The first-order chi connectivity index (χ1) is 12.4. The zero-order chi connectivity index (χ0) is 18.6. The summed E-state index contributed by atoms with van der Waals surface area (Å²) in [5, 5.41) is 6.90. The van der Waals surface area contributed by atoms with Gasteiger partial charge in [-0.25, -0.2) is 0 Å². The van der Waals surface area contributed by atoms with E-state index in [0.29, 0.717) is 25.7 Å². The fourth-order valence-corrected chi connectivity index (χ4v) is 5.11. The van der Waals surface area contributed by atoms with Gasteiger partial charge in [-0.2, -0.15) is 13.2 Å². The molecule has 2 N–H and O–H groups in total. The van der Waals surface area contributed by atoms with Gasteiger partial charge in [-0.1, -0.05) is 25.7 Å². The molecule has 0 spiro atoms. The Balaban J connectivity index is 0.00000261. The molecule has 27 heavy (non-hydrogen) atoms. The zero-order valence-electron chi connectivity index (χ0n) is 16.2. The third-order valence-corrected chi connectivity index (χ3v) is 6.44. The van der Waals surface area contributed by atoms with E-state index in [1.165, 1.54) is 49.8 Å². The summed E-state index contributed by atoms with van der Waals surface area (Å²) < 4.78 is 37.5. The average molecular weight is 502 g/mol. The minimum Gasteiger partial charge on any atom is -0.356 e. The molecule has 8 heteroatoms. The first-order valence-corrected chi connectivity index (χ1v) is 10.2. The Morgan fingerprint density at radius 3 is 2.52 bits per heavy atom. The highest BCUT2D eigenvalue weighted by Gasteiger charge is 2.35. The Morgan fingerprint density at radius 2 is 1.81 bits per heavy atom. The van der Waals surface area contributed by atoms with Gasteiger partial charge in [-0.05, 0) is 50.0 Å². The van der Waals surface area contributed by atoms with Crippen LogP contribution in [-0.2, 0) is 0 Å². The SMILES string of the molecule is CN=C(NCC1CCN(CC(F)(F)F)C1)NC1CCC2CCCCC2C1.I. The summed E-state index contributed by atoms with van der Waals surface area (Å²) in [6, 6.07) is 0.478. The first kappa shape index (κ1) is 23.0. The third-order valence-electron chi connectivity index (χ3n) is 6.44. The molecular weight excluding hydrogens is 468 g/mol. The summed E-state index contributed by atoms with van der Waals surface area (Å²) in [6.45, 7) is 0.939. The number of halogens is 4. The van der Waals surface area contributed by atoms with Crippen LogP contribution in [-0.4, -0.2) is 56.3 Å². The molecule has 0 bridgehead atoms. The molecule has 4 nitrogen and oxygen atoms in total. The lowest BCUT2D eigenvalue weighted by Crippen LogP contribution is -2.48. The highest BCUT2D eigenvalue weighted by molar-refractivity contribution is 14.0. The average Bonchev–Trinajstić information content (AvgIpc) is 3.04. The number of guanidine groups is 1. The molecule has 4 unspecified atom stereocenters. The van der Waals surface area contributed by atoms with Crippen molar-refractivity contribution in [1.29, 1.82) is 0 Å². The molecule has 1 aliphatic heterocycles. The molecular formula is C19H34F3IN4. The van der Waals surface area contributed by atoms with Crippen molar-refractivity contribution >= 4 is 29.9 Å². The molecule has 0 radical (unpaired) electrons. The fourth-order valence-electron chi connectivity index (χ4n) is 5.11. The maximum absolute atomic E-state index is 12.5. The van der Waals surface area contributed by atoms with E-state index in [4.69, 9.17) is 0 Å². The van der Waals surface area contributed by atoms with Crippen molar-refractivity contribution < 1.29 is 13.2 Å². The normalized spacial score (nSPS) is 32.5. The lowest BCUT2D eigenvalue weighted by molar-refractivity contribution is -0.143. The molecule has 1 heterocycles. The minimum absolute atomic E-state index is 0. The molecule has 0 amide bonds. The van der Waals surface area contributed by atoms with E-state index in [1.807, 2.05) is 0 Å². The van der Waals surface area contributed by atoms with Crippen molar-refractivity contribution in [2.75, 3.05) is 33.2 Å². The quantitative estimate of drug-likeness (QED) is 0.347. The van der Waals surface area contributed by atoms with Gasteiger partial charge in [0.15, 0.2) is 5.96 Å². The van der Waals surface area contributed by atoms with Gasteiger partial charge in [-0.15, -0.1) is 24.0 Å². The second-order valence-electron chi connectivity index (χ2n) is 8.42. The van der Waals surface area contributed by atoms with E-state index in [2.05, 4.69) is 15.6 Å². The molecule has 4 atom stereocenters. The number of likely N-dealkylation sites (tertiary alicyclic amines) is 1. The molecule has 0 aromatic rings. The summed E-state index contributed by atoms with van der Waals surface area (Å²) >= 11 is 0. The van der Waals surface area contributed by atoms with Crippen LogP contribution in [0.1, 0.15) is 51.4 Å². The van der Waals surface area contributed by atoms with E-state index in [9.17, 15) is 13.2 Å². The fraction of sp³-hybridized carbons (Fsp3) is 0.947. The number of fused-ring (bicyclic) bond motifs is 1. The number of aliphatic imine (C=N–C) groups is 1. The molecule has 1 saturated heterocycles. The van der Waals surface area contributed by atoms with E-state index in [-0.39, 0.29) is 29.9 Å². The van der Waals surface area contributed by atoms with Crippen LogP contribution >= 0.6 is 24.0 Å². The van der Waals surface area contributed by atoms with Crippen molar-refractivity contribution in [2.24, 2.45) is 22.7 Å². The molecule has 3 aliphatic rings. The molecule has 3 fully saturated rings. The monoisotopic (exact) mass is 502 g/mol. The van der Waals surface area contributed by atoms with Crippen LogP contribution in [0.15, 0.2) is 4.99 Å². The highest BCUT2D eigenvalue weighted by atomic mass is 127. The van der Waals surface area contributed by atoms with Crippen molar-refractivity contribution in [3.8, 4) is 0 Å². The predicted molar refractivity (Wildman–Crippen MR) is 114 cm³/mol. The van der Waals surface area contributed by atoms with Crippen LogP contribution in [0.3, 0.4) is 0 Å². The number of hydrogen-bond acceptors (Lipinski definition) is 2. The Bertz CT molecular complexity index is 486. The summed E-state index contributed by atoms with van der Waals surface area (Å²) in [5.74, 6) is 2.84. The van der Waals surface area contributed by atoms with Gasteiger partial charge in [0.1, 0.15) is 0 Å². The van der Waals surface area contributed by atoms with Crippen LogP contribution in [0.5, 0.6) is 0 Å². The summed E-state index contributed by atoms with van der Waals surface area (Å²) in [6.07, 6.45) is 6.00. The molecule has 158 valence electrons. The van der Waals surface area contributed by atoms with Crippen LogP contribution in [0.25, 0.3) is 0 Å². The van der Waals surface area contributed by atoms with E-state index in [1.54, 1.807) is 7.05 Å². The largest absolute Gasteiger partial charge is 0.401 e. The number of nitrogens with zero attached hydrogens (tertiary/aromatic N) is 2. The van der Waals surface area contributed by atoms with Crippen molar-refractivity contribution in [2.45, 2.75) is 63.6 Å². The lowest BCUT2D eigenvalue weighted by atomic mass is 9.69. The summed E-state index contributed by atoms with van der Waals surface area (Å²) in [5.41, 5.74) is 0. The summed E-state index contributed by atoms with van der Waals surface area (Å²) in [7, 11) is 1.77. The maximum atomic E-state index is 12.5. The summed E-state index contributed by atoms with van der Waals surface area (Å²) in [4.78, 5) is 5.83. The number of alkyl halides is 3. The van der Waals surface area contributed by atoms with Crippen LogP contribution in [0.2, 0.25) is 0 Å². The van der Waals surface area contributed by atoms with Crippen LogP contribution < -0.4 is 10.6 Å². The number of nitrogens with one attached hydrogen (secondary N) is 2. The van der Waals surface area contributed by atoms with Crippen LogP contribution in [0, 0.1) is 17.8 Å². The third kappa shape index (κ3) is 7.25. The van der Waals surface area contributed by atoms with Gasteiger partial charge >= 0.3 is 6.18 Å². The molecule has 2 saturated carbocycles. The first-order valence-electron chi connectivity index (χ1n) is 10.2. The van der Waals surface area contributed by atoms with Gasteiger partial charge in [0, 0.05) is 26.2 Å². The van der Waals surface area contributed by atoms with Crippen molar-refractivity contribution in [3.05, 3.63) is 0 Å². The second kappa shape index (κ2) is 10.5. The number of rotatable bonds is 4. The Hall–Kier alpha value is -0.250. The van der Waals surface area contributed by atoms with E-state index in [0.717, 1.165) is 24.2 Å². The Morgan fingerprint density at radius 1 is 1.07 bits per heavy atom. The second-order valence-corrected chi connectivity index (χ2v) is 8.42. The topological polar surface area (TPSA) is 39.7 Å². The zero-order valence-corrected chi connectivity index (χ0v) is 18.6. The van der Waals surface area contributed by atoms with Crippen LogP contribution in [0.4, 0.5) is 13.2 Å². The predicted octanol–water partition coefficient (Wildman–Crippen LogP) is 4.01. The van der Waals surface area contributed by atoms with Gasteiger partial charge in [0.25, 0.3) is 0 Å². The van der Waals surface area contributed by atoms with Crippen molar-refractivity contribution in [1.82, 2.24) is 15.5 Å². The standard InChI is InChI=1S/C19H33F3N4.HI/c1-23-18(24-11-14-8-9-26(12-14)13-19(20,21)22)25-17-7-6-15-4-2-3-5-16(15)10-17;/h14-17H,2-13H2,1H3,(H2,23,24,25);1H. The van der Waals surface area contributed by atoms with Gasteiger partial charge in [-0.3, -0.25) is 9.89 Å². The number of hydrogen-bond donors (Lipinski definition) is 2. The molecule has 2 aliphatic carbocycles. The van der Waals surface area contributed by atoms with Gasteiger partial charge < -0.3 is 10.6 Å². The molecule has 0 aromatic heterocycles. The minimum atomic E-state index is -4.10. The molecule has 0 aromatic carbocycles. The maximum Gasteiger partial charge on any atom is 0.401 e. The van der Waals surface area contributed by atoms with Gasteiger partial charge in [0.05, 0.1) is 6.54 Å². The van der Waals surface area contributed by atoms with Gasteiger partial charge in [0.2, 0.25) is 0 Å². The Kier molecular flexibility index (Phi) is 8.96. The Labute approximate surface area is 178 Å². The molecule has 3 rings (SSSR count). The highest BCUT2D eigenvalue weighted by Crippen LogP contribution is 2.40. The van der Waals surface area contributed by atoms with E-state index >= 15 is 0 Å².